The Morgan fingerprint density at radius 3 is 2.93 bits per heavy atom. The molecule has 0 unspecified atom stereocenters. The standard InChI is InChI=1S/C22H17N3O2/c26-22(17-10-11-19-20(14-17)25-15-24-19)23-12-3-4-13-27-21-9-5-7-16-6-1-2-8-18(16)21/h1-2,5-11,14-15H,12-13H2,(H,23,26)(H,24,25). The molecule has 2 N–H and O–H groups in total. The first-order chi connectivity index (χ1) is 13.3. The SMILES string of the molecule is O=C(NCC#CCOc1cccc2ccccc12)c1ccc2nc[nH]c2c1. The largest absolute Gasteiger partial charge is 0.480 e. The summed E-state index contributed by atoms with van der Waals surface area (Å²) in [6, 6.07) is 19.3. The summed E-state index contributed by atoms with van der Waals surface area (Å²) in [5, 5.41) is 4.97. The monoisotopic (exact) mass is 355 g/mol. The molecule has 27 heavy (non-hydrogen) atoms. The van der Waals surface area contributed by atoms with Crippen LogP contribution in [0, 0.1) is 11.8 Å². The first-order valence-corrected chi connectivity index (χ1v) is 8.59. The average Bonchev–Trinajstić information content (AvgIpc) is 3.18. The third-order valence-corrected chi connectivity index (χ3v) is 4.19. The van der Waals surface area contributed by atoms with E-state index in [-0.39, 0.29) is 19.1 Å². The molecule has 1 amide bonds. The normalized spacial score (nSPS) is 10.4. The molecule has 0 fully saturated rings. The van der Waals surface area contributed by atoms with Crippen LogP contribution in [-0.4, -0.2) is 29.0 Å². The smallest absolute Gasteiger partial charge is 0.252 e. The van der Waals surface area contributed by atoms with Gasteiger partial charge in [-0.1, -0.05) is 48.2 Å². The highest BCUT2D eigenvalue weighted by Crippen LogP contribution is 2.24. The van der Waals surface area contributed by atoms with Gasteiger partial charge < -0.3 is 15.0 Å². The maximum absolute atomic E-state index is 12.2. The predicted molar refractivity (Wildman–Crippen MR) is 106 cm³/mol. The van der Waals surface area contributed by atoms with Crippen molar-refractivity contribution in [2.24, 2.45) is 0 Å². The van der Waals surface area contributed by atoms with E-state index in [0.717, 1.165) is 27.6 Å². The highest BCUT2D eigenvalue weighted by Gasteiger charge is 2.06. The summed E-state index contributed by atoms with van der Waals surface area (Å²) in [6.45, 7) is 0.530. The van der Waals surface area contributed by atoms with Gasteiger partial charge in [0.2, 0.25) is 0 Å². The van der Waals surface area contributed by atoms with Crippen molar-refractivity contribution in [3.63, 3.8) is 0 Å². The van der Waals surface area contributed by atoms with E-state index in [1.165, 1.54) is 0 Å². The van der Waals surface area contributed by atoms with E-state index in [1.54, 1.807) is 18.5 Å². The molecule has 0 aliphatic rings. The first kappa shape index (κ1) is 16.7. The summed E-state index contributed by atoms with van der Waals surface area (Å²) in [4.78, 5) is 19.3. The Morgan fingerprint density at radius 2 is 1.96 bits per heavy atom. The van der Waals surface area contributed by atoms with Crippen LogP contribution in [0.25, 0.3) is 21.8 Å². The van der Waals surface area contributed by atoms with Crippen LogP contribution in [0.2, 0.25) is 0 Å². The lowest BCUT2D eigenvalue weighted by molar-refractivity contribution is 0.0959. The summed E-state index contributed by atoms with van der Waals surface area (Å²) in [5.41, 5.74) is 2.23. The molecule has 0 saturated heterocycles. The molecule has 5 nitrogen and oxygen atoms in total. The Labute approximate surface area is 156 Å². The molecular formula is C22H17N3O2. The van der Waals surface area contributed by atoms with Gasteiger partial charge in [0.15, 0.2) is 0 Å². The Kier molecular flexibility index (Phi) is 4.71. The van der Waals surface area contributed by atoms with Crippen LogP contribution in [0.4, 0.5) is 0 Å². The lowest BCUT2D eigenvalue weighted by Crippen LogP contribution is -2.23. The van der Waals surface area contributed by atoms with Crippen LogP contribution >= 0.6 is 0 Å². The molecule has 4 rings (SSSR count). The third-order valence-electron chi connectivity index (χ3n) is 4.19. The molecule has 0 aliphatic heterocycles. The average molecular weight is 355 g/mol. The summed E-state index contributed by atoms with van der Waals surface area (Å²) >= 11 is 0. The number of benzene rings is 3. The highest BCUT2D eigenvalue weighted by atomic mass is 16.5. The Hall–Kier alpha value is -3.78. The van der Waals surface area contributed by atoms with Gasteiger partial charge in [0.25, 0.3) is 5.91 Å². The van der Waals surface area contributed by atoms with Gasteiger partial charge in [-0.25, -0.2) is 4.98 Å². The van der Waals surface area contributed by atoms with Crippen molar-refractivity contribution in [2.45, 2.75) is 0 Å². The fourth-order valence-corrected chi connectivity index (χ4v) is 2.85. The van der Waals surface area contributed by atoms with Crippen LogP contribution in [0.3, 0.4) is 0 Å². The van der Waals surface area contributed by atoms with E-state index in [4.69, 9.17) is 4.74 Å². The van der Waals surface area contributed by atoms with E-state index >= 15 is 0 Å². The van der Waals surface area contributed by atoms with Gasteiger partial charge in [0.05, 0.1) is 23.9 Å². The zero-order chi connectivity index (χ0) is 18.5. The number of fused-ring (bicyclic) bond motifs is 2. The number of hydrogen-bond donors (Lipinski definition) is 2. The zero-order valence-electron chi connectivity index (χ0n) is 14.5. The fourth-order valence-electron chi connectivity index (χ4n) is 2.85. The Bertz CT molecular complexity index is 1160. The summed E-state index contributed by atoms with van der Waals surface area (Å²) < 4.78 is 5.75. The maximum atomic E-state index is 12.2. The zero-order valence-corrected chi connectivity index (χ0v) is 14.5. The Balaban J connectivity index is 1.31. The second kappa shape index (κ2) is 7.63. The Morgan fingerprint density at radius 1 is 1.07 bits per heavy atom. The second-order valence-corrected chi connectivity index (χ2v) is 5.94. The van der Waals surface area contributed by atoms with Crippen LogP contribution in [0.5, 0.6) is 5.75 Å². The number of imidazole rings is 1. The molecular weight excluding hydrogens is 338 g/mol. The second-order valence-electron chi connectivity index (χ2n) is 5.94. The molecule has 1 heterocycles. The van der Waals surface area contributed by atoms with Crippen molar-refractivity contribution >= 4 is 27.7 Å². The van der Waals surface area contributed by atoms with Crippen molar-refractivity contribution in [2.75, 3.05) is 13.2 Å². The fraction of sp³-hybridized carbons (Fsp3) is 0.0909. The number of amides is 1. The van der Waals surface area contributed by atoms with Crippen LogP contribution < -0.4 is 10.1 Å². The molecule has 0 aliphatic carbocycles. The molecule has 0 bridgehead atoms. The number of nitrogens with zero attached hydrogens (tertiary/aromatic N) is 1. The minimum Gasteiger partial charge on any atom is -0.480 e. The maximum Gasteiger partial charge on any atom is 0.252 e. The van der Waals surface area contributed by atoms with E-state index in [0.29, 0.717) is 5.56 Å². The lowest BCUT2D eigenvalue weighted by atomic mass is 10.1. The van der Waals surface area contributed by atoms with Crippen molar-refractivity contribution in [3.8, 4) is 17.6 Å². The molecule has 5 heteroatoms. The molecule has 0 radical (unpaired) electrons. The van der Waals surface area contributed by atoms with Crippen molar-refractivity contribution in [3.05, 3.63) is 72.6 Å². The van der Waals surface area contributed by atoms with Gasteiger partial charge in [-0.15, -0.1) is 0 Å². The summed E-state index contributed by atoms with van der Waals surface area (Å²) in [7, 11) is 0. The number of H-pyrrole nitrogens is 1. The minimum atomic E-state index is -0.171. The number of rotatable bonds is 4. The van der Waals surface area contributed by atoms with Gasteiger partial charge in [-0.05, 0) is 29.7 Å². The van der Waals surface area contributed by atoms with Crippen LogP contribution in [0.15, 0.2) is 67.0 Å². The number of ether oxygens (including phenoxy) is 1. The number of hydrogen-bond acceptors (Lipinski definition) is 3. The van der Waals surface area contributed by atoms with E-state index < -0.39 is 0 Å². The first-order valence-electron chi connectivity index (χ1n) is 8.59. The third kappa shape index (κ3) is 3.75. The molecule has 132 valence electrons. The van der Waals surface area contributed by atoms with Gasteiger partial charge >= 0.3 is 0 Å². The van der Waals surface area contributed by atoms with Gasteiger partial charge in [0.1, 0.15) is 12.4 Å². The number of carbonyl (C=O) groups is 1. The van der Waals surface area contributed by atoms with Gasteiger partial charge in [-0.3, -0.25) is 4.79 Å². The highest BCUT2D eigenvalue weighted by molar-refractivity contribution is 5.97. The number of nitrogens with one attached hydrogen (secondary N) is 2. The van der Waals surface area contributed by atoms with E-state index in [1.807, 2.05) is 48.5 Å². The predicted octanol–water partition coefficient (Wildman–Crippen LogP) is 3.53. The summed E-state index contributed by atoms with van der Waals surface area (Å²) in [5.74, 6) is 6.47. The molecule has 0 atom stereocenters. The number of carbonyl (C=O) groups excluding carboxylic acids is 1. The van der Waals surface area contributed by atoms with Gasteiger partial charge in [0, 0.05) is 10.9 Å². The quantitative estimate of drug-likeness (QED) is 0.550. The number of aromatic nitrogens is 2. The van der Waals surface area contributed by atoms with E-state index in [9.17, 15) is 4.79 Å². The molecule has 0 saturated carbocycles. The van der Waals surface area contributed by atoms with Crippen LogP contribution in [0.1, 0.15) is 10.4 Å². The number of aromatic amines is 1. The topological polar surface area (TPSA) is 67.0 Å². The van der Waals surface area contributed by atoms with Gasteiger partial charge in [-0.2, -0.15) is 0 Å². The van der Waals surface area contributed by atoms with E-state index in [2.05, 4.69) is 27.1 Å². The van der Waals surface area contributed by atoms with Crippen molar-refractivity contribution in [1.82, 2.24) is 15.3 Å². The van der Waals surface area contributed by atoms with Crippen LogP contribution in [-0.2, 0) is 0 Å². The van der Waals surface area contributed by atoms with Crippen molar-refractivity contribution < 1.29 is 9.53 Å². The molecule has 4 aromatic rings. The minimum absolute atomic E-state index is 0.171. The lowest BCUT2D eigenvalue weighted by Gasteiger charge is -2.06. The molecule has 1 aromatic heterocycles. The molecule has 0 spiro atoms. The molecule has 3 aromatic carbocycles. The summed E-state index contributed by atoms with van der Waals surface area (Å²) in [6.07, 6.45) is 1.60. The van der Waals surface area contributed by atoms with Crippen molar-refractivity contribution in [1.29, 1.82) is 0 Å².